The first-order valence-corrected chi connectivity index (χ1v) is 7.36. The molecule has 1 aliphatic heterocycles. The zero-order valence-electron chi connectivity index (χ0n) is 13.0. The summed E-state index contributed by atoms with van der Waals surface area (Å²) in [5, 5.41) is 3.23. The largest absolute Gasteiger partial charge is 0.497 e. The van der Waals surface area contributed by atoms with Crippen LogP contribution in [0.25, 0.3) is 0 Å². The molecule has 0 bridgehead atoms. The van der Waals surface area contributed by atoms with Gasteiger partial charge in [0.05, 0.1) is 7.11 Å². The van der Waals surface area contributed by atoms with Crippen LogP contribution in [0.15, 0.2) is 48.5 Å². The quantitative estimate of drug-likeness (QED) is 0.874. The van der Waals surface area contributed by atoms with Crippen molar-refractivity contribution >= 4 is 18.4 Å². The van der Waals surface area contributed by atoms with E-state index in [0.29, 0.717) is 19.6 Å². The lowest BCUT2D eigenvalue weighted by molar-refractivity contribution is -0.147. The number of methoxy groups -OCH3 is 1. The van der Waals surface area contributed by atoms with Crippen molar-refractivity contribution in [3.05, 3.63) is 65.2 Å². The molecule has 3 rings (SSSR count). The second-order valence-corrected chi connectivity index (χ2v) is 5.37. The molecule has 1 N–H and O–H groups in total. The van der Waals surface area contributed by atoms with Crippen molar-refractivity contribution in [1.82, 2.24) is 5.32 Å². The van der Waals surface area contributed by atoms with Crippen LogP contribution in [-0.4, -0.2) is 19.1 Å². The minimum Gasteiger partial charge on any atom is -0.497 e. The first kappa shape index (κ1) is 17.3. The molecule has 1 unspecified atom stereocenters. The summed E-state index contributed by atoms with van der Waals surface area (Å²) in [7, 11) is 1.65. The Morgan fingerprint density at radius 1 is 1.17 bits per heavy atom. The highest BCUT2D eigenvalue weighted by atomic mass is 35.5. The monoisotopic (exact) mass is 333 g/mol. The minimum atomic E-state index is -0.302. The van der Waals surface area contributed by atoms with Crippen LogP contribution in [0, 0.1) is 0 Å². The van der Waals surface area contributed by atoms with Crippen LogP contribution < -0.4 is 10.1 Å². The van der Waals surface area contributed by atoms with Crippen molar-refractivity contribution in [3.63, 3.8) is 0 Å². The van der Waals surface area contributed by atoms with E-state index in [2.05, 4.69) is 5.32 Å². The van der Waals surface area contributed by atoms with Crippen LogP contribution >= 0.6 is 12.4 Å². The van der Waals surface area contributed by atoms with Crippen LogP contribution in [0.2, 0.25) is 0 Å². The van der Waals surface area contributed by atoms with Crippen molar-refractivity contribution in [2.45, 2.75) is 25.6 Å². The average molecular weight is 334 g/mol. The summed E-state index contributed by atoms with van der Waals surface area (Å²) < 4.78 is 10.7. The topological polar surface area (TPSA) is 47.6 Å². The summed E-state index contributed by atoms with van der Waals surface area (Å²) in [6, 6.07) is 15.4. The molecule has 0 saturated heterocycles. The maximum Gasteiger partial charge on any atom is 0.323 e. The Labute approximate surface area is 142 Å². The molecule has 1 aliphatic rings. The smallest absolute Gasteiger partial charge is 0.323 e. The molecule has 4 nitrogen and oxygen atoms in total. The van der Waals surface area contributed by atoms with E-state index in [1.54, 1.807) is 7.11 Å². The third-order valence-corrected chi connectivity index (χ3v) is 3.88. The SMILES string of the molecule is COc1ccc2c(c1)CC(C(=O)OCc1ccccc1)NC2.Cl. The van der Waals surface area contributed by atoms with Gasteiger partial charge in [-0.1, -0.05) is 36.4 Å². The molecular formula is C18H20ClNO3. The van der Waals surface area contributed by atoms with Gasteiger partial charge in [0.15, 0.2) is 0 Å². The van der Waals surface area contributed by atoms with Gasteiger partial charge in [0.2, 0.25) is 0 Å². The van der Waals surface area contributed by atoms with E-state index in [4.69, 9.17) is 9.47 Å². The maximum atomic E-state index is 12.2. The Hall–Kier alpha value is -2.04. The van der Waals surface area contributed by atoms with Gasteiger partial charge in [-0.25, -0.2) is 0 Å². The van der Waals surface area contributed by atoms with Gasteiger partial charge in [-0.15, -0.1) is 12.4 Å². The Bertz CT molecular complexity index is 661. The molecule has 1 heterocycles. The molecule has 0 fully saturated rings. The van der Waals surface area contributed by atoms with Gasteiger partial charge in [0, 0.05) is 6.54 Å². The fraction of sp³-hybridized carbons (Fsp3) is 0.278. The number of esters is 1. The van der Waals surface area contributed by atoms with Gasteiger partial charge in [-0.05, 0) is 35.2 Å². The predicted molar refractivity (Wildman–Crippen MR) is 90.8 cm³/mol. The number of fused-ring (bicyclic) bond motifs is 1. The highest BCUT2D eigenvalue weighted by Gasteiger charge is 2.25. The van der Waals surface area contributed by atoms with Crippen molar-refractivity contribution in [1.29, 1.82) is 0 Å². The van der Waals surface area contributed by atoms with Crippen LogP contribution in [0.3, 0.4) is 0 Å². The fourth-order valence-electron chi connectivity index (χ4n) is 2.61. The third-order valence-electron chi connectivity index (χ3n) is 3.88. The average Bonchev–Trinajstić information content (AvgIpc) is 2.59. The van der Waals surface area contributed by atoms with E-state index in [1.165, 1.54) is 5.56 Å². The molecule has 122 valence electrons. The van der Waals surface area contributed by atoms with Gasteiger partial charge in [-0.2, -0.15) is 0 Å². The van der Waals surface area contributed by atoms with Gasteiger partial charge in [0.1, 0.15) is 18.4 Å². The van der Waals surface area contributed by atoms with Gasteiger partial charge in [0.25, 0.3) is 0 Å². The summed E-state index contributed by atoms with van der Waals surface area (Å²) in [6.07, 6.45) is 0.625. The van der Waals surface area contributed by atoms with Crippen LogP contribution in [0.5, 0.6) is 5.75 Å². The van der Waals surface area contributed by atoms with Gasteiger partial charge < -0.3 is 14.8 Å². The number of hydrogen-bond donors (Lipinski definition) is 1. The number of benzene rings is 2. The summed E-state index contributed by atoms with van der Waals surface area (Å²) in [5.41, 5.74) is 3.33. The molecular weight excluding hydrogens is 314 g/mol. The lowest BCUT2D eigenvalue weighted by Gasteiger charge is -2.25. The van der Waals surface area contributed by atoms with Crippen LogP contribution in [0.1, 0.15) is 16.7 Å². The fourth-order valence-corrected chi connectivity index (χ4v) is 2.61. The summed E-state index contributed by atoms with van der Waals surface area (Å²) >= 11 is 0. The Morgan fingerprint density at radius 3 is 2.70 bits per heavy atom. The van der Waals surface area contributed by atoms with Crippen LogP contribution in [0.4, 0.5) is 0 Å². The number of hydrogen-bond acceptors (Lipinski definition) is 4. The highest BCUT2D eigenvalue weighted by Crippen LogP contribution is 2.22. The van der Waals surface area contributed by atoms with Crippen molar-refractivity contribution in [2.24, 2.45) is 0 Å². The zero-order valence-corrected chi connectivity index (χ0v) is 13.8. The molecule has 0 spiro atoms. The standard InChI is InChI=1S/C18H19NO3.ClH/c1-21-16-8-7-14-11-19-17(10-15(14)9-16)18(20)22-12-13-5-3-2-4-6-13;/h2-9,17,19H,10-12H2,1H3;1H. The molecule has 0 saturated carbocycles. The summed E-state index contributed by atoms with van der Waals surface area (Å²) in [5.74, 6) is 0.606. The van der Waals surface area contributed by atoms with E-state index in [1.807, 2.05) is 48.5 Å². The first-order valence-electron chi connectivity index (χ1n) is 7.36. The van der Waals surface area contributed by atoms with E-state index < -0.39 is 0 Å². The van der Waals surface area contributed by atoms with Gasteiger partial charge in [-0.3, -0.25) is 4.79 Å². The van der Waals surface area contributed by atoms with E-state index in [0.717, 1.165) is 16.9 Å². The zero-order chi connectivity index (χ0) is 15.4. The molecule has 5 heteroatoms. The third kappa shape index (κ3) is 4.24. The molecule has 2 aromatic carbocycles. The second kappa shape index (κ2) is 7.99. The number of ether oxygens (including phenoxy) is 2. The Morgan fingerprint density at radius 2 is 1.96 bits per heavy atom. The van der Waals surface area contributed by atoms with E-state index in [9.17, 15) is 4.79 Å². The van der Waals surface area contributed by atoms with E-state index >= 15 is 0 Å². The molecule has 1 atom stereocenters. The van der Waals surface area contributed by atoms with Crippen LogP contribution in [-0.2, 0) is 29.1 Å². The van der Waals surface area contributed by atoms with Gasteiger partial charge >= 0.3 is 5.97 Å². The summed E-state index contributed by atoms with van der Waals surface area (Å²) in [4.78, 5) is 12.2. The predicted octanol–water partition coefficient (Wildman–Crippen LogP) is 2.87. The van der Waals surface area contributed by atoms with Crippen molar-refractivity contribution in [3.8, 4) is 5.75 Å². The molecule has 0 aliphatic carbocycles. The molecule has 2 aromatic rings. The number of halogens is 1. The van der Waals surface area contributed by atoms with Crippen molar-refractivity contribution in [2.75, 3.05) is 7.11 Å². The molecule has 0 amide bonds. The lowest BCUT2D eigenvalue weighted by atomic mass is 9.95. The molecule has 23 heavy (non-hydrogen) atoms. The number of nitrogens with one attached hydrogen (secondary N) is 1. The number of carbonyl (C=O) groups is 1. The van der Waals surface area contributed by atoms with Crippen molar-refractivity contribution < 1.29 is 14.3 Å². The molecule has 0 radical (unpaired) electrons. The minimum absolute atomic E-state index is 0. The highest BCUT2D eigenvalue weighted by molar-refractivity contribution is 5.85. The molecule has 0 aromatic heterocycles. The number of carbonyl (C=O) groups excluding carboxylic acids is 1. The van der Waals surface area contributed by atoms with E-state index in [-0.39, 0.29) is 24.4 Å². The number of rotatable bonds is 4. The second-order valence-electron chi connectivity index (χ2n) is 5.37. The Kier molecular flexibility index (Phi) is 6.02. The normalized spacial score (nSPS) is 16.0. The lowest BCUT2D eigenvalue weighted by Crippen LogP contribution is -2.42. The first-order chi connectivity index (χ1) is 10.8. The maximum absolute atomic E-state index is 12.2. The Balaban J connectivity index is 0.00000192. The summed E-state index contributed by atoms with van der Waals surface area (Å²) in [6.45, 7) is 0.979.